The van der Waals surface area contributed by atoms with Gasteiger partial charge in [0.2, 0.25) is 0 Å². The first-order valence-electron chi connectivity index (χ1n) is 5.08. The molecular formula is C10H8N4O4S. The average molecular weight is 280 g/mol. The Morgan fingerprint density at radius 3 is 2.63 bits per heavy atom. The quantitative estimate of drug-likeness (QED) is 0.484. The van der Waals surface area contributed by atoms with Crippen molar-refractivity contribution in [2.75, 3.05) is 5.75 Å². The van der Waals surface area contributed by atoms with E-state index in [9.17, 15) is 14.9 Å². The van der Waals surface area contributed by atoms with Crippen molar-refractivity contribution in [1.29, 1.82) is 0 Å². The fourth-order valence-electron chi connectivity index (χ4n) is 1.31. The molecule has 0 atom stereocenters. The van der Waals surface area contributed by atoms with E-state index in [2.05, 4.69) is 15.2 Å². The van der Waals surface area contributed by atoms with Crippen LogP contribution < -0.4 is 0 Å². The second-order valence-corrected chi connectivity index (χ2v) is 4.43. The minimum Gasteiger partial charge on any atom is -0.481 e. The Labute approximate surface area is 111 Å². The molecule has 0 unspecified atom stereocenters. The molecule has 0 aliphatic carbocycles. The second-order valence-electron chi connectivity index (χ2n) is 3.47. The molecule has 0 aliphatic heterocycles. The molecule has 19 heavy (non-hydrogen) atoms. The Balaban J connectivity index is 2.13. The van der Waals surface area contributed by atoms with E-state index in [1.54, 1.807) is 12.1 Å². The van der Waals surface area contributed by atoms with Crippen LogP contribution in [0.5, 0.6) is 0 Å². The number of carbonyl (C=O) groups is 1. The topological polar surface area (TPSA) is 122 Å². The van der Waals surface area contributed by atoms with Gasteiger partial charge in [0.05, 0.1) is 10.7 Å². The molecule has 0 fully saturated rings. The molecule has 1 aromatic heterocycles. The maximum absolute atomic E-state index is 10.5. The van der Waals surface area contributed by atoms with Crippen LogP contribution in [0.1, 0.15) is 0 Å². The van der Waals surface area contributed by atoms with Crippen molar-refractivity contribution >= 4 is 23.4 Å². The lowest BCUT2D eigenvalue weighted by molar-refractivity contribution is -0.384. The highest BCUT2D eigenvalue weighted by Gasteiger charge is 2.09. The predicted molar refractivity (Wildman–Crippen MR) is 66.8 cm³/mol. The first-order chi connectivity index (χ1) is 9.06. The summed E-state index contributed by atoms with van der Waals surface area (Å²) >= 11 is 1.02. The van der Waals surface area contributed by atoms with Gasteiger partial charge in [-0.1, -0.05) is 11.8 Å². The maximum atomic E-state index is 10.5. The third-order valence-electron chi connectivity index (χ3n) is 2.15. The molecule has 0 spiro atoms. The van der Waals surface area contributed by atoms with Crippen LogP contribution >= 0.6 is 11.8 Å². The van der Waals surface area contributed by atoms with Crippen molar-refractivity contribution in [3.63, 3.8) is 0 Å². The Morgan fingerprint density at radius 2 is 2.05 bits per heavy atom. The standard InChI is InChI=1S/C10H8N4O4S/c15-8(16)5-19-10-11-9(12-13-10)6-1-3-7(4-2-6)14(17)18/h1-4H,5H2,(H,15,16)(H,11,12,13). The number of hydrogen-bond acceptors (Lipinski definition) is 6. The van der Waals surface area contributed by atoms with Crippen molar-refractivity contribution in [2.24, 2.45) is 0 Å². The zero-order valence-electron chi connectivity index (χ0n) is 9.44. The van der Waals surface area contributed by atoms with E-state index in [0.29, 0.717) is 16.5 Å². The number of nitrogens with zero attached hydrogens (tertiary/aromatic N) is 3. The summed E-state index contributed by atoms with van der Waals surface area (Å²) in [5.74, 6) is -0.629. The highest BCUT2D eigenvalue weighted by atomic mass is 32.2. The minimum atomic E-state index is -0.946. The van der Waals surface area contributed by atoms with Gasteiger partial charge in [0.25, 0.3) is 5.69 Å². The number of hydrogen-bond donors (Lipinski definition) is 2. The second kappa shape index (κ2) is 5.48. The summed E-state index contributed by atoms with van der Waals surface area (Å²) in [6, 6.07) is 5.82. The molecule has 0 saturated carbocycles. The number of rotatable bonds is 5. The number of aromatic nitrogens is 3. The van der Waals surface area contributed by atoms with E-state index in [1.165, 1.54) is 12.1 Å². The van der Waals surface area contributed by atoms with Crippen molar-refractivity contribution in [1.82, 2.24) is 15.2 Å². The van der Waals surface area contributed by atoms with Crippen molar-refractivity contribution in [3.8, 4) is 11.4 Å². The van der Waals surface area contributed by atoms with Gasteiger partial charge in [-0.15, -0.1) is 10.2 Å². The van der Waals surface area contributed by atoms with Crippen LogP contribution in [-0.2, 0) is 4.79 Å². The number of aromatic amines is 1. The number of nitrogens with one attached hydrogen (secondary N) is 1. The molecule has 8 nitrogen and oxygen atoms in total. The molecule has 2 rings (SSSR count). The van der Waals surface area contributed by atoms with E-state index >= 15 is 0 Å². The van der Waals surface area contributed by atoms with Gasteiger partial charge in [-0.3, -0.25) is 14.9 Å². The molecule has 9 heteroatoms. The number of carboxylic acid groups (broad SMARTS) is 1. The van der Waals surface area contributed by atoms with Gasteiger partial charge < -0.3 is 10.1 Å². The number of benzene rings is 1. The number of aliphatic carboxylic acids is 1. The Kier molecular flexibility index (Phi) is 3.76. The predicted octanol–water partition coefficient (Wildman–Crippen LogP) is 1.56. The third kappa shape index (κ3) is 3.28. The largest absolute Gasteiger partial charge is 0.481 e. The van der Waals surface area contributed by atoms with E-state index in [0.717, 1.165) is 11.8 Å². The van der Waals surface area contributed by atoms with Crippen LogP contribution in [0.2, 0.25) is 0 Å². The molecule has 0 saturated heterocycles. The Hall–Kier alpha value is -2.42. The molecule has 2 N–H and O–H groups in total. The normalized spacial score (nSPS) is 10.3. The summed E-state index contributed by atoms with van der Waals surface area (Å²) < 4.78 is 0. The lowest BCUT2D eigenvalue weighted by Gasteiger charge is -1.95. The number of thioether (sulfide) groups is 1. The van der Waals surface area contributed by atoms with Gasteiger partial charge in [-0.05, 0) is 12.1 Å². The first kappa shape index (κ1) is 13.0. The Morgan fingerprint density at radius 1 is 1.37 bits per heavy atom. The zero-order valence-corrected chi connectivity index (χ0v) is 10.3. The molecule has 1 aromatic carbocycles. The monoisotopic (exact) mass is 280 g/mol. The fourth-order valence-corrected chi connectivity index (χ4v) is 1.84. The summed E-state index contributed by atoms with van der Waals surface area (Å²) in [6.07, 6.45) is 0. The van der Waals surface area contributed by atoms with Gasteiger partial charge in [-0.2, -0.15) is 0 Å². The summed E-state index contributed by atoms with van der Waals surface area (Å²) in [4.78, 5) is 23.3. The molecule has 0 radical (unpaired) electrons. The fraction of sp³-hybridized carbons (Fsp3) is 0.100. The summed E-state index contributed by atoms with van der Waals surface area (Å²) in [5.41, 5.74) is 0.629. The summed E-state index contributed by atoms with van der Waals surface area (Å²) in [6.45, 7) is 0. The number of H-pyrrole nitrogens is 1. The van der Waals surface area contributed by atoms with Gasteiger partial charge in [0, 0.05) is 17.7 Å². The van der Waals surface area contributed by atoms with E-state index in [-0.39, 0.29) is 11.4 Å². The number of nitro groups is 1. The van der Waals surface area contributed by atoms with E-state index in [1.807, 2.05) is 0 Å². The molecule has 0 amide bonds. The smallest absolute Gasteiger partial charge is 0.313 e. The number of carboxylic acids is 1. The van der Waals surface area contributed by atoms with Gasteiger partial charge in [0.1, 0.15) is 0 Å². The third-order valence-corrected chi connectivity index (χ3v) is 3.00. The molecule has 98 valence electrons. The maximum Gasteiger partial charge on any atom is 0.313 e. The lowest BCUT2D eigenvalue weighted by atomic mass is 10.2. The first-order valence-corrected chi connectivity index (χ1v) is 6.07. The molecule has 0 bridgehead atoms. The highest BCUT2D eigenvalue weighted by molar-refractivity contribution is 7.99. The molecule has 2 aromatic rings. The highest BCUT2D eigenvalue weighted by Crippen LogP contribution is 2.21. The van der Waals surface area contributed by atoms with Crippen molar-refractivity contribution in [2.45, 2.75) is 5.16 Å². The van der Waals surface area contributed by atoms with Gasteiger partial charge in [0.15, 0.2) is 11.0 Å². The molecule has 0 aliphatic rings. The van der Waals surface area contributed by atoms with Gasteiger partial charge >= 0.3 is 5.97 Å². The van der Waals surface area contributed by atoms with Gasteiger partial charge in [-0.25, -0.2) is 0 Å². The van der Waals surface area contributed by atoms with Crippen LogP contribution in [-0.4, -0.2) is 36.9 Å². The van der Waals surface area contributed by atoms with E-state index < -0.39 is 10.9 Å². The SMILES string of the molecule is O=C(O)CSc1nnc(-c2ccc([N+](=O)[O-])cc2)[nH]1. The van der Waals surface area contributed by atoms with Crippen molar-refractivity contribution in [3.05, 3.63) is 34.4 Å². The van der Waals surface area contributed by atoms with Crippen LogP contribution in [0, 0.1) is 10.1 Å². The molecular weight excluding hydrogens is 272 g/mol. The van der Waals surface area contributed by atoms with Crippen LogP contribution in [0.25, 0.3) is 11.4 Å². The zero-order chi connectivity index (χ0) is 13.8. The minimum absolute atomic E-state index is 0.0104. The van der Waals surface area contributed by atoms with Crippen LogP contribution in [0.3, 0.4) is 0 Å². The average Bonchev–Trinajstić information content (AvgIpc) is 2.85. The van der Waals surface area contributed by atoms with Crippen molar-refractivity contribution < 1.29 is 14.8 Å². The lowest BCUT2D eigenvalue weighted by Crippen LogP contribution is -1.97. The molecule has 1 heterocycles. The van der Waals surface area contributed by atoms with Crippen LogP contribution in [0.15, 0.2) is 29.4 Å². The number of non-ortho nitro benzene ring substituents is 1. The van der Waals surface area contributed by atoms with E-state index in [4.69, 9.17) is 5.11 Å². The Bertz CT molecular complexity index is 610. The van der Waals surface area contributed by atoms with Crippen LogP contribution in [0.4, 0.5) is 5.69 Å². The summed E-state index contributed by atoms with van der Waals surface area (Å²) in [7, 11) is 0. The number of nitro benzene ring substituents is 1. The summed E-state index contributed by atoms with van der Waals surface area (Å²) in [5, 5.41) is 27.1.